The minimum atomic E-state index is -1.14. The maximum atomic E-state index is 12.3. The van der Waals surface area contributed by atoms with E-state index in [2.05, 4.69) is 0 Å². The number of carbonyl (C=O) groups is 2. The molecule has 0 aliphatic carbocycles. The summed E-state index contributed by atoms with van der Waals surface area (Å²) in [4.78, 5) is 23.4. The second kappa shape index (κ2) is 6.05. The topological polar surface area (TPSA) is 52.6 Å². The molecule has 5 heteroatoms. The van der Waals surface area contributed by atoms with Crippen LogP contribution in [0, 0.1) is 0 Å². The summed E-state index contributed by atoms with van der Waals surface area (Å²) in [5.74, 6) is 0.566. The van der Waals surface area contributed by atoms with Gasteiger partial charge < -0.3 is 9.47 Å². The first-order chi connectivity index (χ1) is 11.0. The molecule has 0 N–H and O–H groups in total. The molecule has 0 aromatic heterocycles. The van der Waals surface area contributed by atoms with Crippen molar-refractivity contribution in [2.24, 2.45) is 0 Å². The van der Waals surface area contributed by atoms with Gasteiger partial charge in [0.15, 0.2) is 17.7 Å². The van der Waals surface area contributed by atoms with Crippen molar-refractivity contribution in [3.05, 3.63) is 58.6 Å². The van der Waals surface area contributed by atoms with Crippen molar-refractivity contribution in [3.8, 4) is 11.5 Å². The fraction of sp³-hybridized carbons (Fsp3) is 0.222. The number of fused-ring (bicyclic) bond motifs is 1. The van der Waals surface area contributed by atoms with Gasteiger partial charge in [0.25, 0.3) is 0 Å². The zero-order chi connectivity index (χ0) is 16.4. The predicted octanol–water partition coefficient (Wildman–Crippen LogP) is 3.84. The Bertz CT molecular complexity index is 757. The minimum Gasteiger partial charge on any atom is -0.487 e. The van der Waals surface area contributed by atoms with Crippen LogP contribution in [0.5, 0.6) is 11.5 Å². The highest BCUT2D eigenvalue weighted by Crippen LogP contribution is 2.39. The van der Waals surface area contributed by atoms with Gasteiger partial charge in [-0.15, -0.1) is 0 Å². The van der Waals surface area contributed by atoms with Crippen LogP contribution < -0.4 is 9.47 Å². The van der Waals surface area contributed by atoms with Crippen molar-refractivity contribution in [1.29, 1.82) is 0 Å². The quantitative estimate of drug-likeness (QED) is 0.799. The van der Waals surface area contributed by atoms with E-state index in [-0.39, 0.29) is 12.2 Å². The summed E-state index contributed by atoms with van der Waals surface area (Å²) in [7, 11) is 0. The molecule has 2 aromatic rings. The zero-order valence-electron chi connectivity index (χ0n) is 12.5. The van der Waals surface area contributed by atoms with Crippen LogP contribution >= 0.6 is 11.6 Å². The molecule has 0 radical (unpaired) electrons. The van der Waals surface area contributed by atoms with Crippen LogP contribution in [-0.2, 0) is 11.4 Å². The van der Waals surface area contributed by atoms with Gasteiger partial charge in [0.2, 0.25) is 0 Å². The van der Waals surface area contributed by atoms with E-state index in [0.29, 0.717) is 35.0 Å². The molecule has 0 bridgehead atoms. The number of hydrogen-bond donors (Lipinski definition) is 0. The number of hydrogen-bond acceptors (Lipinski definition) is 4. The van der Waals surface area contributed by atoms with E-state index >= 15 is 0 Å². The van der Waals surface area contributed by atoms with Gasteiger partial charge in [-0.3, -0.25) is 9.59 Å². The Morgan fingerprint density at radius 2 is 2.04 bits per heavy atom. The first-order valence-electron chi connectivity index (χ1n) is 7.19. The van der Waals surface area contributed by atoms with Crippen LogP contribution in [0.15, 0.2) is 42.5 Å². The van der Waals surface area contributed by atoms with E-state index in [1.807, 2.05) is 30.3 Å². The van der Waals surface area contributed by atoms with Crippen LogP contribution in [0.4, 0.5) is 0 Å². The highest BCUT2D eigenvalue weighted by Gasteiger charge is 2.37. The van der Waals surface area contributed by atoms with Gasteiger partial charge >= 0.3 is 0 Å². The fourth-order valence-electron chi connectivity index (χ4n) is 2.45. The maximum absolute atomic E-state index is 12.3. The Hall–Kier alpha value is -2.33. The molecule has 1 aliphatic rings. The number of Topliss-reactive ketones (excluding diaryl/α,β-unsaturated/α-hetero) is 1. The largest absolute Gasteiger partial charge is 0.487 e. The lowest BCUT2D eigenvalue weighted by molar-refractivity contribution is -0.120. The number of aldehydes is 1. The second-order valence-electron chi connectivity index (χ2n) is 5.69. The molecule has 23 heavy (non-hydrogen) atoms. The third-order valence-corrected chi connectivity index (χ3v) is 3.97. The molecule has 1 heterocycles. The number of halogens is 1. The smallest absolute Gasteiger partial charge is 0.171 e. The third-order valence-electron chi connectivity index (χ3n) is 3.68. The molecule has 0 saturated carbocycles. The molecule has 1 atom stereocenters. The van der Waals surface area contributed by atoms with Gasteiger partial charge in [-0.1, -0.05) is 41.9 Å². The zero-order valence-corrected chi connectivity index (χ0v) is 13.3. The lowest BCUT2D eigenvalue weighted by Gasteiger charge is -2.30. The van der Waals surface area contributed by atoms with Gasteiger partial charge in [0, 0.05) is 6.07 Å². The second-order valence-corrected chi connectivity index (χ2v) is 6.09. The third kappa shape index (κ3) is 3.22. The summed E-state index contributed by atoms with van der Waals surface area (Å²) >= 11 is 6.21. The highest BCUT2D eigenvalue weighted by atomic mass is 35.5. The molecular weight excluding hydrogens is 316 g/mol. The van der Waals surface area contributed by atoms with Gasteiger partial charge in [-0.05, 0) is 18.6 Å². The van der Waals surface area contributed by atoms with Crippen LogP contribution in [0.1, 0.15) is 29.3 Å². The molecule has 2 aromatic carbocycles. The van der Waals surface area contributed by atoms with E-state index in [1.54, 1.807) is 13.0 Å². The van der Waals surface area contributed by atoms with Crippen molar-refractivity contribution >= 4 is 23.7 Å². The monoisotopic (exact) mass is 330 g/mol. The maximum Gasteiger partial charge on any atom is 0.171 e. The molecule has 0 fully saturated rings. The number of rotatable bonds is 4. The predicted molar refractivity (Wildman–Crippen MR) is 86.3 cm³/mol. The van der Waals surface area contributed by atoms with Crippen LogP contribution in [0.3, 0.4) is 0 Å². The average Bonchev–Trinajstić information content (AvgIpc) is 2.54. The van der Waals surface area contributed by atoms with E-state index < -0.39 is 5.60 Å². The summed E-state index contributed by atoms with van der Waals surface area (Å²) in [5, 5.41) is 0.336. The van der Waals surface area contributed by atoms with Crippen molar-refractivity contribution in [1.82, 2.24) is 0 Å². The molecule has 4 nitrogen and oxygen atoms in total. The van der Waals surface area contributed by atoms with Crippen molar-refractivity contribution in [2.45, 2.75) is 25.6 Å². The number of carbonyl (C=O) groups excluding carboxylic acids is 2. The summed E-state index contributed by atoms with van der Waals surface area (Å²) in [6, 6.07) is 12.8. The highest BCUT2D eigenvalue weighted by molar-refractivity contribution is 6.32. The van der Waals surface area contributed by atoms with Crippen LogP contribution in [0.2, 0.25) is 5.02 Å². The van der Waals surface area contributed by atoms with Crippen LogP contribution in [0.25, 0.3) is 0 Å². The van der Waals surface area contributed by atoms with Crippen molar-refractivity contribution in [2.75, 3.05) is 0 Å². The number of ether oxygens (including phenoxy) is 2. The van der Waals surface area contributed by atoms with Gasteiger partial charge in [-0.25, -0.2) is 0 Å². The molecule has 1 aliphatic heterocycles. The number of ketones is 1. The standard InChI is InChI=1S/C18H15ClO4/c1-18(11-20)9-15(21)13-7-17(14(19)8-16(13)23-18)22-10-12-5-3-2-4-6-12/h2-8,11H,9-10H2,1H3. The fourth-order valence-corrected chi connectivity index (χ4v) is 2.66. The lowest BCUT2D eigenvalue weighted by Crippen LogP contribution is -2.40. The molecular formula is C18H15ClO4. The van der Waals surface area contributed by atoms with E-state index in [1.165, 1.54) is 6.07 Å². The minimum absolute atomic E-state index is 0.00323. The Kier molecular flexibility index (Phi) is 4.09. The average molecular weight is 331 g/mol. The first kappa shape index (κ1) is 15.6. The normalized spacial score (nSPS) is 19.7. The van der Waals surface area contributed by atoms with Crippen LogP contribution in [-0.4, -0.2) is 17.7 Å². The molecule has 0 spiro atoms. The van der Waals surface area contributed by atoms with Crippen molar-refractivity contribution in [3.63, 3.8) is 0 Å². The number of benzene rings is 2. The lowest BCUT2D eigenvalue weighted by atomic mass is 9.92. The summed E-state index contributed by atoms with van der Waals surface area (Å²) in [5.41, 5.74) is 0.244. The van der Waals surface area contributed by atoms with Gasteiger partial charge in [0.1, 0.15) is 18.1 Å². The van der Waals surface area contributed by atoms with E-state index in [4.69, 9.17) is 21.1 Å². The van der Waals surface area contributed by atoms with Gasteiger partial charge in [0.05, 0.1) is 17.0 Å². The first-order valence-corrected chi connectivity index (χ1v) is 7.57. The van der Waals surface area contributed by atoms with Crippen molar-refractivity contribution < 1.29 is 19.1 Å². The summed E-state index contributed by atoms with van der Waals surface area (Å²) in [6.07, 6.45) is 0.644. The molecule has 0 saturated heterocycles. The molecule has 1 unspecified atom stereocenters. The molecule has 0 amide bonds. The molecule has 3 rings (SSSR count). The van der Waals surface area contributed by atoms with Gasteiger partial charge in [-0.2, -0.15) is 0 Å². The molecule has 118 valence electrons. The SMILES string of the molecule is CC1(C=O)CC(=O)c2cc(OCc3ccccc3)c(Cl)cc2O1. The Labute approximate surface area is 139 Å². The van der Waals surface area contributed by atoms with E-state index in [0.717, 1.165) is 5.56 Å². The summed E-state index contributed by atoms with van der Waals surface area (Å²) in [6.45, 7) is 1.93. The Morgan fingerprint density at radius 3 is 2.74 bits per heavy atom. The Morgan fingerprint density at radius 1 is 1.30 bits per heavy atom. The van der Waals surface area contributed by atoms with E-state index in [9.17, 15) is 9.59 Å². The summed E-state index contributed by atoms with van der Waals surface area (Å²) < 4.78 is 11.3. The Balaban J connectivity index is 1.86.